The molecule has 3 atom stereocenters. The zero-order chi connectivity index (χ0) is 33.2. The molecule has 0 radical (unpaired) electrons. The molecule has 0 bridgehead atoms. The van der Waals surface area contributed by atoms with E-state index < -0.39 is 29.3 Å². The maximum Gasteiger partial charge on any atom is 0.410 e. The lowest BCUT2D eigenvalue weighted by Gasteiger charge is -2.33. The molecule has 0 spiro atoms. The summed E-state index contributed by atoms with van der Waals surface area (Å²) in [6, 6.07) is 2.77. The molecule has 1 aromatic heterocycles. The molecule has 1 aromatic rings. The molecule has 2 aliphatic rings. The third kappa shape index (κ3) is 12.8. The van der Waals surface area contributed by atoms with Gasteiger partial charge in [0.05, 0.1) is 17.9 Å². The molecule has 3 rings (SSSR count). The number of nitrogens with zero attached hydrogens (tertiary/aromatic N) is 2. The van der Waals surface area contributed by atoms with Crippen LogP contribution < -0.4 is 5.32 Å². The van der Waals surface area contributed by atoms with Crippen molar-refractivity contribution in [2.24, 2.45) is 5.92 Å². The van der Waals surface area contributed by atoms with Crippen LogP contribution >= 0.6 is 23.1 Å². The van der Waals surface area contributed by atoms with Crippen LogP contribution in [0.15, 0.2) is 17.5 Å². The molecule has 12 heteroatoms. The Kier molecular flexibility index (Phi) is 14.0. The van der Waals surface area contributed by atoms with Crippen molar-refractivity contribution >= 4 is 47.0 Å². The van der Waals surface area contributed by atoms with Crippen LogP contribution in [-0.4, -0.2) is 95.6 Å². The van der Waals surface area contributed by atoms with Crippen molar-refractivity contribution in [2.45, 2.75) is 116 Å². The Labute approximate surface area is 277 Å². The highest BCUT2D eigenvalue weighted by molar-refractivity contribution is 7.99. The summed E-state index contributed by atoms with van der Waals surface area (Å²) in [6.45, 7) is 14.7. The van der Waals surface area contributed by atoms with Gasteiger partial charge >= 0.3 is 18.0 Å². The normalized spacial score (nSPS) is 20.8. The van der Waals surface area contributed by atoms with E-state index in [0.29, 0.717) is 37.7 Å². The van der Waals surface area contributed by atoms with E-state index in [1.807, 2.05) is 32.2 Å². The Morgan fingerprint density at radius 1 is 1.04 bits per heavy atom. The van der Waals surface area contributed by atoms with Crippen molar-refractivity contribution in [3.8, 4) is 0 Å². The third-order valence-corrected chi connectivity index (χ3v) is 10.1. The number of piperidine rings is 1. The predicted octanol–water partition coefficient (Wildman–Crippen LogP) is 5.80. The molecule has 2 amide bonds. The fourth-order valence-electron chi connectivity index (χ4n) is 5.55. The first-order valence-corrected chi connectivity index (χ1v) is 18.1. The quantitative estimate of drug-likeness (QED) is 0.168. The van der Waals surface area contributed by atoms with Gasteiger partial charge in [0.25, 0.3) is 0 Å². The number of hydrogen-bond donors (Lipinski definition) is 1. The van der Waals surface area contributed by atoms with Gasteiger partial charge in [0.2, 0.25) is 5.91 Å². The molecule has 0 aromatic carbocycles. The fourth-order valence-corrected chi connectivity index (χ4v) is 7.81. The van der Waals surface area contributed by atoms with Crippen LogP contribution in [0.3, 0.4) is 0 Å². The fraction of sp³-hybridized carbons (Fsp3) is 0.758. The van der Waals surface area contributed by atoms with E-state index in [9.17, 15) is 19.2 Å². The smallest absolute Gasteiger partial charge is 0.410 e. The van der Waals surface area contributed by atoms with Gasteiger partial charge in [-0.2, -0.15) is 0 Å². The molecule has 2 saturated heterocycles. The van der Waals surface area contributed by atoms with Crippen molar-refractivity contribution < 1.29 is 33.4 Å². The minimum atomic E-state index is -0.657. The van der Waals surface area contributed by atoms with Crippen LogP contribution in [0.5, 0.6) is 0 Å². The summed E-state index contributed by atoms with van der Waals surface area (Å²) >= 11 is 3.29. The van der Waals surface area contributed by atoms with Gasteiger partial charge in [0.15, 0.2) is 0 Å². The molecule has 0 saturated carbocycles. The summed E-state index contributed by atoms with van der Waals surface area (Å²) in [6.07, 6.45) is 4.93. The van der Waals surface area contributed by atoms with Crippen LogP contribution in [-0.2, 0) is 28.6 Å². The Morgan fingerprint density at radius 3 is 2.33 bits per heavy atom. The number of thiophene rings is 1. The molecule has 45 heavy (non-hydrogen) atoms. The molecular weight excluding hydrogens is 615 g/mol. The van der Waals surface area contributed by atoms with Gasteiger partial charge in [-0.25, -0.2) is 4.79 Å². The first-order valence-electron chi connectivity index (χ1n) is 16.2. The van der Waals surface area contributed by atoms with Gasteiger partial charge in [-0.15, -0.1) is 23.1 Å². The first-order chi connectivity index (χ1) is 21.1. The van der Waals surface area contributed by atoms with E-state index in [1.54, 1.807) is 60.6 Å². The van der Waals surface area contributed by atoms with Crippen LogP contribution in [0.2, 0.25) is 0 Å². The number of thioether (sulfide) groups is 1. The number of nitrogens with one attached hydrogen (secondary N) is 1. The standard InChI is InChI=1S/C33H53N3O7S2/c1-8-41-30(39)24(13-10-9-12-23-15-17-35(18-16-23)31(40)43-33(5,6)7)34-25-22-45-27(26-14-11-19-44-26)20-36(29(25)38)21-28(37)42-32(2,3)4/h11,14,19,23-25,27,34H,8-10,12-13,15-18,20-22H2,1-7H3/t24-,25?,27?/m1/s1. The molecule has 1 N–H and O–H groups in total. The highest BCUT2D eigenvalue weighted by Gasteiger charge is 2.37. The summed E-state index contributed by atoms with van der Waals surface area (Å²) in [7, 11) is 0. The van der Waals surface area contributed by atoms with Crippen LogP contribution in [0, 0.1) is 5.92 Å². The van der Waals surface area contributed by atoms with E-state index in [4.69, 9.17) is 14.2 Å². The van der Waals surface area contributed by atoms with Crippen LogP contribution in [0.1, 0.15) is 97.1 Å². The monoisotopic (exact) mass is 667 g/mol. The van der Waals surface area contributed by atoms with Crippen LogP contribution in [0.25, 0.3) is 0 Å². The average Bonchev–Trinajstić information content (AvgIpc) is 3.43. The number of hydrogen-bond acceptors (Lipinski definition) is 10. The van der Waals surface area contributed by atoms with Gasteiger partial charge in [-0.1, -0.05) is 25.3 Å². The molecule has 2 unspecified atom stereocenters. The van der Waals surface area contributed by atoms with Gasteiger partial charge in [0, 0.05) is 30.3 Å². The summed E-state index contributed by atoms with van der Waals surface area (Å²) in [5, 5.41) is 5.36. The molecular formula is C33H53N3O7S2. The van der Waals surface area contributed by atoms with Gasteiger partial charge in [-0.3, -0.25) is 19.7 Å². The Balaban J connectivity index is 1.58. The predicted molar refractivity (Wildman–Crippen MR) is 178 cm³/mol. The van der Waals surface area contributed by atoms with E-state index in [0.717, 1.165) is 37.0 Å². The van der Waals surface area contributed by atoms with Crippen molar-refractivity contribution in [2.75, 3.05) is 38.5 Å². The molecule has 2 fully saturated rings. The second-order valence-corrected chi connectivity index (χ2v) is 16.1. The number of carbonyl (C=O) groups is 4. The summed E-state index contributed by atoms with van der Waals surface area (Å²) in [5.41, 5.74) is -1.16. The Morgan fingerprint density at radius 2 is 1.73 bits per heavy atom. The Bertz CT molecular complexity index is 1110. The zero-order valence-corrected chi connectivity index (χ0v) is 29.7. The summed E-state index contributed by atoms with van der Waals surface area (Å²) in [4.78, 5) is 56.5. The minimum absolute atomic E-state index is 0.0194. The SMILES string of the molecule is CCOC(=O)[C@@H](CCCCC1CCN(C(=O)OC(C)(C)C)CC1)NC1CSC(c2cccs2)CN(CC(=O)OC(C)(C)C)C1=O. The second-order valence-electron chi connectivity index (χ2n) is 13.9. The largest absolute Gasteiger partial charge is 0.465 e. The minimum Gasteiger partial charge on any atom is -0.465 e. The number of esters is 2. The second kappa shape index (κ2) is 17.0. The number of ether oxygens (including phenoxy) is 3. The van der Waals surface area contributed by atoms with Crippen molar-refractivity contribution in [1.82, 2.24) is 15.1 Å². The van der Waals surface area contributed by atoms with Crippen molar-refractivity contribution in [3.63, 3.8) is 0 Å². The van der Waals surface area contributed by atoms with E-state index in [2.05, 4.69) is 11.4 Å². The maximum atomic E-state index is 13.8. The van der Waals surface area contributed by atoms with Gasteiger partial charge in [-0.05, 0) is 85.1 Å². The highest BCUT2D eigenvalue weighted by atomic mass is 32.2. The highest BCUT2D eigenvalue weighted by Crippen LogP contribution is 2.36. The molecule has 10 nitrogen and oxygen atoms in total. The van der Waals surface area contributed by atoms with Crippen molar-refractivity contribution in [1.29, 1.82) is 0 Å². The zero-order valence-electron chi connectivity index (χ0n) is 28.1. The number of carbonyl (C=O) groups excluding carboxylic acids is 4. The van der Waals surface area contributed by atoms with E-state index in [-0.39, 0.29) is 36.4 Å². The van der Waals surface area contributed by atoms with E-state index >= 15 is 0 Å². The average molecular weight is 668 g/mol. The topological polar surface area (TPSA) is 114 Å². The maximum absolute atomic E-state index is 13.8. The molecule has 254 valence electrons. The summed E-state index contributed by atoms with van der Waals surface area (Å²) < 4.78 is 16.4. The number of rotatable bonds is 12. The lowest BCUT2D eigenvalue weighted by atomic mass is 9.91. The number of amides is 2. The lowest BCUT2D eigenvalue weighted by molar-refractivity contribution is -0.159. The third-order valence-electron chi connectivity index (χ3n) is 7.66. The molecule has 3 heterocycles. The van der Waals surface area contributed by atoms with Crippen molar-refractivity contribution in [3.05, 3.63) is 22.4 Å². The number of likely N-dealkylation sites (tertiary alicyclic amines) is 1. The van der Waals surface area contributed by atoms with Gasteiger partial charge < -0.3 is 24.0 Å². The first kappa shape index (κ1) is 37.2. The van der Waals surface area contributed by atoms with Gasteiger partial charge in [0.1, 0.15) is 23.8 Å². The van der Waals surface area contributed by atoms with Crippen LogP contribution in [0.4, 0.5) is 4.79 Å². The molecule has 0 aliphatic carbocycles. The number of unbranched alkanes of at least 4 members (excludes halogenated alkanes) is 1. The summed E-state index contributed by atoms with van der Waals surface area (Å²) in [5.74, 6) is -0.0335. The van der Waals surface area contributed by atoms with E-state index in [1.165, 1.54) is 0 Å². The molecule has 2 aliphatic heterocycles. The lowest BCUT2D eigenvalue weighted by Crippen LogP contribution is -2.54. The Hall–Kier alpha value is -2.31.